The normalized spacial score (nSPS) is 11.2. The third-order valence-corrected chi connectivity index (χ3v) is 3.17. The first kappa shape index (κ1) is 12.8. The molecule has 0 radical (unpaired) electrons. The van der Waals surface area contributed by atoms with Gasteiger partial charge in [0, 0.05) is 26.9 Å². The van der Waals surface area contributed by atoms with Crippen molar-refractivity contribution in [2.24, 2.45) is 0 Å². The highest BCUT2D eigenvalue weighted by molar-refractivity contribution is 7.90. The zero-order valence-corrected chi connectivity index (χ0v) is 10.6. The number of pyridine rings is 1. The molecule has 0 atom stereocenters. The van der Waals surface area contributed by atoms with E-state index in [1.165, 1.54) is 6.26 Å². The van der Waals surface area contributed by atoms with Crippen molar-refractivity contribution < 1.29 is 8.42 Å². The minimum Gasteiger partial charge on any atom is -0.387 e. The summed E-state index contributed by atoms with van der Waals surface area (Å²) in [6.45, 7) is 0.466. The van der Waals surface area contributed by atoms with Gasteiger partial charge in [0.25, 0.3) is 0 Å². The second-order valence-corrected chi connectivity index (χ2v) is 5.99. The maximum absolute atomic E-state index is 11.0. The smallest absolute Gasteiger partial charge is 0.149 e. The highest BCUT2D eigenvalue weighted by atomic mass is 32.2. The van der Waals surface area contributed by atoms with E-state index in [4.69, 9.17) is 0 Å². The molecule has 90 valence electrons. The molecule has 0 saturated heterocycles. The zero-order chi connectivity index (χ0) is 12.2. The second kappa shape index (κ2) is 5.16. The van der Waals surface area contributed by atoms with Crippen LogP contribution in [0.5, 0.6) is 0 Å². The van der Waals surface area contributed by atoms with E-state index in [1.807, 2.05) is 25.1 Å². The largest absolute Gasteiger partial charge is 0.387 e. The van der Waals surface area contributed by atoms with Crippen molar-refractivity contribution in [1.29, 1.82) is 0 Å². The van der Waals surface area contributed by atoms with Gasteiger partial charge in [-0.1, -0.05) is 0 Å². The van der Waals surface area contributed by atoms with Crippen molar-refractivity contribution in [2.75, 3.05) is 42.9 Å². The molecular formula is C10H17N3O2S. The fourth-order valence-electron chi connectivity index (χ4n) is 1.21. The van der Waals surface area contributed by atoms with Crippen LogP contribution in [0.4, 0.5) is 11.4 Å². The minimum absolute atomic E-state index is 0.146. The van der Waals surface area contributed by atoms with Gasteiger partial charge in [-0.3, -0.25) is 4.98 Å². The Hall–Kier alpha value is -1.30. The van der Waals surface area contributed by atoms with Crippen LogP contribution in [0, 0.1) is 0 Å². The van der Waals surface area contributed by atoms with E-state index in [9.17, 15) is 8.42 Å². The van der Waals surface area contributed by atoms with Crippen LogP contribution in [-0.2, 0) is 9.84 Å². The Morgan fingerprint density at radius 1 is 1.44 bits per heavy atom. The molecule has 6 heteroatoms. The first-order valence-corrected chi connectivity index (χ1v) is 7.00. The lowest BCUT2D eigenvalue weighted by atomic mass is 10.3. The van der Waals surface area contributed by atoms with Crippen molar-refractivity contribution in [3.8, 4) is 0 Å². The summed E-state index contributed by atoms with van der Waals surface area (Å²) in [5, 5.41) is 2.99. The van der Waals surface area contributed by atoms with Gasteiger partial charge < -0.3 is 10.2 Å². The molecule has 0 fully saturated rings. The third kappa shape index (κ3) is 4.06. The molecule has 0 aromatic carbocycles. The fourth-order valence-corrected chi connectivity index (χ4v) is 1.81. The van der Waals surface area contributed by atoms with Crippen LogP contribution in [0.3, 0.4) is 0 Å². The summed E-state index contributed by atoms with van der Waals surface area (Å²) in [5.41, 5.74) is 1.80. The molecule has 1 aromatic heterocycles. The Bertz CT molecular complexity index is 445. The van der Waals surface area contributed by atoms with E-state index in [2.05, 4.69) is 10.3 Å². The minimum atomic E-state index is -2.92. The summed E-state index contributed by atoms with van der Waals surface area (Å²) < 4.78 is 22.1. The number of aromatic nitrogens is 1. The van der Waals surface area contributed by atoms with Gasteiger partial charge in [0.1, 0.15) is 9.84 Å². The van der Waals surface area contributed by atoms with E-state index in [0.717, 1.165) is 11.4 Å². The van der Waals surface area contributed by atoms with Crippen molar-refractivity contribution in [3.63, 3.8) is 0 Å². The van der Waals surface area contributed by atoms with E-state index in [1.54, 1.807) is 12.4 Å². The quantitative estimate of drug-likeness (QED) is 0.820. The predicted molar refractivity (Wildman–Crippen MR) is 66.8 cm³/mol. The third-order valence-electron chi connectivity index (χ3n) is 2.25. The summed E-state index contributed by atoms with van der Waals surface area (Å²) >= 11 is 0. The topological polar surface area (TPSA) is 62.3 Å². The van der Waals surface area contributed by atoms with Crippen LogP contribution in [0.1, 0.15) is 0 Å². The SMILES string of the molecule is CNc1cncc(N(C)CCS(C)(=O)=O)c1. The molecule has 1 rings (SSSR count). The Balaban J connectivity index is 2.69. The molecule has 5 nitrogen and oxygen atoms in total. The highest BCUT2D eigenvalue weighted by Crippen LogP contribution is 2.15. The van der Waals surface area contributed by atoms with Crippen LogP contribution < -0.4 is 10.2 Å². The van der Waals surface area contributed by atoms with Gasteiger partial charge in [-0.2, -0.15) is 0 Å². The van der Waals surface area contributed by atoms with Gasteiger partial charge in [0.2, 0.25) is 0 Å². The number of hydrogen-bond donors (Lipinski definition) is 1. The molecule has 16 heavy (non-hydrogen) atoms. The van der Waals surface area contributed by atoms with E-state index < -0.39 is 9.84 Å². The Labute approximate surface area is 96.4 Å². The lowest BCUT2D eigenvalue weighted by Crippen LogP contribution is -2.24. The van der Waals surface area contributed by atoms with Crippen LogP contribution >= 0.6 is 0 Å². The molecule has 1 aromatic rings. The summed E-state index contributed by atoms with van der Waals surface area (Å²) in [4.78, 5) is 5.94. The molecular weight excluding hydrogens is 226 g/mol. The molecule has 1 N–H and O–H groups in total. The Kier molecular flexibility index (Phi) is 4.12. The summed E-state index contributed by atoms with van der Waals surface area (Å²) in [5.74, 6) is 0.146. The number of nitrogens with zero attached hydrogens (tertiary/aromatic N) is 2. The molecule has 0 aliphatic heterocycles. The summed E-state index contributed by atoms with van der Waals surface area (Å²) in [6, 6.07) is 1.93. The standard InChI is InChI=1S/C10H17N3O2S/c1-11-9-6-10(8-12-7-9)13(2)4-5-16(3,14)15/h6-8,11H,4-5H2,1-3H3. The number of nitrogens with one attached hydrogen (secondary N) is 1. The van der Waals surface area contributed by atoms with E-state index >= 15 is 0 Å². The zero-order valence-electron chi connectivity index (χ0n) is 9.77. The molecule has 0 aliphatic carbocycles. The molecule has 0 unspecified atom stereocenters. The number of anilines is 2. The van der Waals surface area contributed by atoms with E-state index in [-0.39, 0.29) is 5.75 Å². The summed E-state index contributed by atoms with van der Waals surface area (Å²) in [6.07, 6.45) is 4.67. The van der Waals surface area contributed by atoms with Gasteiger partial charge in [0.05, 0.1) is 29.5 Å². The fraction of sp³-hybridized carbons (Fsp3) is 0.500. The van der Waals surface area contributed by atoms with Crippen molar-refractivity contribution in [2.45, 2.75) is 0 Å². The maximum Gasteiger partial charge on any atom is 0.149 e. The van der Waals surface area contributed by atoms with Crippen molar-refractivity contribution in [3.05, 3.63) is 18.5 Å². The molecule has 0 spiro atoms. The van der Waals surface area contributed by atoms with Gasteiger partial charge in [-0.25, -0.2) is 8.42 Å². The lowest BCUT2D eigenvalue weighted by molar-refractivity contribution is 0.601. The maximum atomic E-state index is 11.0. The van der Waals surface area contributed by atoms with Crippen LogP contribution in [0.25, 0.3) is 0 Å². The Morgan fingerprint density at radius 2 is 2.12 bits per heavy atom. The van der Waals surface area contributed by atoms with Crippen LogP contribution in [0.2, 0.25) is 0 Å². The molecule has 1 heterocycles. The van der Waals surface area contributed by atoms with Crippen LogP contribution in [0.15, 0.2) is 18.5 Å². The molecule has 0 saturated carbocycles. The summed E-state index contributed by atoms with van der Waals surface area (Å²) in [7, 11) is 0.745. The highest BCUT2D eigenvalue weighted by Gasteiger charge is 2.07. The van der Waals surface area contributed by atoms with Gasteiger partial charge in [0.15, 0.2) is 0 Å². The van der Waals surface area contributed by atoms with Gasteiger partial charge >= 0.3 is 0 Å². The number of hydrogen-bond acceptors (Lipinski definition) is 5. The van der Waals surface area contributed by atoms with Gasteiger partial charge in [-0.05, 0) is 6.07 Å². The predicted octanol–water partition coefficient (Wildman–Crippen LogP) is 0.604. The average molecular weight is 243 g/mol. The van der Waals surface area contributed by atoms with Crippen LogP contribution in [-0.4, -0.2) is 46.1 Å². The molecule has 0 aliphatic rings. The lowest BCUT2D eigenvalue weighted by Gasteiger charge is -2.18. The Morgan fingerprint density at radius 3 is 2.69 bits per heavy atom. The molecule has 0 amide bonds. The average Bonchev–Trinajstić information content (AvgIpc) is 2.25. The van der Waals surface area contributed by atoms with Crippen molar-refractivity contribution in [1.82, 2.24) is 4.98 Å². The monoisotopic (exact) mass is 243 g/mol. The first-order chi connectivity index (χ1) is 7.42. The molecule has 0 bridgehead atoms. The second-order valence-electron chi connectivity index (χ2n) is 3.73. The number of rotatable bonds is 5. The van der Waals surface area contributed by atoms with Gasteiger partial charge in [-0.15, -0.1) is 0 Å². The van der Waals surface area contributed by atoms with E-state index in [0.29, 0.717) is 6.54 Å². The number of sulfone groups is 1. The van der Waals surface area contributed by atoms with Crippen molar-refractivity contribution >= 4 is 21.2 Å². The first-order valence-electron chi connectivity index (χ1n) is 4.94.